The van der Waals surface area contributed by atoms with E-state index in [-0.39, 0.29) is 6.04 Å². The average molecular weight is 414 g/mol. The number of aromatic nitrogens is 1. The number of pyridine rings is 1. The molecule has 0 aliphatic carbocycles. The number of aliphatic imine (C=N–C) groups is 1. The summed E-state index contributed by atoms with van der Waals surface area (Å²) < 4.78 is 5.39. The number of benzene rings is 2. The quantitative estimate of drug-likeness (QED) is 0.325. The Balaban J connectivity index is 1.65. The zero-order chi connectivity index (χ0) is 21.6. The zero-order valence-electron chi connectivity index (χ0n) is 17.8. The summed E-state index contributed by atoms with van der Waals surface area (Å²) in [6.45, 7) is 7.39. The van der Waals surface area contributed by atoms with Gasteiger partial charge in [-0.1, -0.05) is 36.9 Å². The number of nitrogens with zero attached hydrogens (tertiary/aromatic N) is 2. The Hall–Kier alpha value is -3.31. The molecule has 4 rings (SSSR count). The summed E-state index contributed by atoms with van der Waals surface area (Å²) in [7, 11) is 0. The summed E-state index contributed by atoms with van der Waals surface area (Å²) in [6.07, 6.45) is 7.06. The molecule has 5 nitrogen and oxygen atoms in total. The molecule has 1 N–H and O–H groups in total. The monoisotopic (exact) mass is 413 g/mol. The van der Waals surface area contributed by atoms with Crippen LogP contribution in [0.25, 0.3) is 16.3 Å². The maximum Gasteiger partial charge on any atom is 0.152 e. The van der Waals surface area contributed by atoms with E-state index < -0.39 is 0 Å². The Labute approximate surface area is 182 Å². The molecule has 158 valence electrons. The molecule has 1 fully saturated rings. The number of anilines is 1. The maximum absolute atomic E-state index is 11.9. The number of aldehydes is 1. The SMILES string of the molecule is C=C(C)c1ccc(Cc2cc(C=O)c(NC=NC3CCOCC3)c3ccccc23)cn1. The van der Waals surface area contributed by atoms with E-state index in [2.05, 4.69) is 34.0 Å². The molecule has 0 unspecified atom stereocenters. The molecule has 3 aromatic rings. The van der Waals surface area contributed by atoms with Gasteiger partial charge in [-0.05, 0) is 60.4 Å². The van der Waals surface area contributed by atoms with Crippen molar-refractivity contribution in [2.75, 3.05) is 18.5 Å². The van der Waals surface area contributed by atoms with E-state index in [1.807, 2.05) is 43.5 Å². The van der Waals surface area contributed by atoms with Crippen LogP contribution in [0.2, 0.25) is 0 Å². The molecule has 2 heterocycles. The van der Waals surface area contributed by atoms with Crippen molar-refractivity contribution >= 4 is 34.7 Å². The van der Waals surface area contributed by atoms with E-state index in [1.165, 1.54) is 0 Å². The summed E-state index contributed by atoms with van der Waals surface area (Å²) in [5.74, 6) is 0. The highest BCUT2D eigenvalue weighted by atomic mass is 16.5. The fourth-order valence-electron chi connectivity index (χ4n) is 3.92. The fraction of sp³-hybridized carbons (Fsp3) is 0.269. The smallest absolute Gasteiger partial charge is 0.152 e. The van der Waals surface area contributed by atoms with Gasteiger partial charge in [-0.25, -0.2) is 0 Å². The van der Waals surface area contributed by atoms with Gasteiger partial charge in [0.25, 0.3) is 0 Å². The van der Waals surface area contributed by atoms with E-state index in [0.717, 1.165) is 71.2 Å². The van der Waals surface area contributed by atoms with Crippen molar-refractivity contribution in [2.24, 2.45) is 4.99 Å². The van der Waals surface area contributed by atoms with Gasteiger partial charge < -0.3 is 10.1 Å². The number of carbonyl (C=O) groups is 1. The number of nitrogens with one attached hydrogen (secondary N) is 1. The van der Waals surface area contributed by atoms with Gasteiger partial charge >= 0.3 is 0 Å². The molecule has 0 amide bonds. The van der Waals surface area contributed by atoms with Crippen molar-refractivity contribution in [2.45, 2.75) is 32.2 Å². The summed E-state index contributed by atoms with van der Waals surface area (Å²) in [5, 5.41) is 5.40. The molecule has 1 aromatic heterocycles. The largest absolute Gasteiger partial charge is 0.381 e. The van der Waals surface area contributed by atoms with E-state index in [4.69, 9.17) is 4.74 Å². The second kappa shape index (κ2) is 9.67. The zero-order valence-corrected chi connectivity index (χ0v) is 17.8. The van der Waals surface area contributed by atoms with Crippen molar-refractivity contribution in [3.8, 4) is 0 Å². The molecule has 1 aliphatic rings. The lowest BCUT2D eigenvalue weighted by Crippen LogP contribution is -2.19. The molecular formula is C26H27N3O2. The highest BCUT2D eigenvalue weighted by Gasteiger charge is 2.14. The molecule has 31 heavy (non-hydrogen) atoms. The van der Waals surface area contributed by atoms with Crippen molar-refractivity contribution in [3.05, 3.63) is 77.6 Å². The highest BCUT2D eigenvalue weighted by Crippen LogP contribution is 2.31. The van der Waals surface area contributed by atoms with Gasteiger partial charge in [-0.3, -0.25) is 14.8 Å². The lowest BCUT2D eigenvalue weighted by molar-refractivity contribution is 0.0872. The third kappa shape index (κ3) is 4.89. The first kappa shape index (κ1) is 20.9. The first-order valence-corrected chi connectivity index (χ1v) is 10.6. The second-order valence-electron chi connectivity index (χ2n) is 7.94. The van der Waals surface area contributed by atoms with E-state index >= 15 is 0 Å². The lowest BCUT2D eigenvalue weighted by Gasteiger charge is -2.18. The van der Waals surface area contributed by atoms with Crippen LogP contribution in [0.4, 0.5) is 5.69 Å². The molecule has 0 saturated carbocycles. The third-order valence-electron chi connectivity index (χ3n) is 5.63. The van der Waals surface area contributed by atoms with Crippen LogP contribution in [0.3, 0.4) is 0 Å². The maximum atomic E-state index is 11.9. The van der Waals surface area contributed by atoms with Gasteiger partial charge in [0.15, 0.2) is 6.29 Å². The first-order valence-electron chi connectivity index (χ1n) is 10.6. The van der Waals surface area contributed by atoms with Crippen LogP contribution in [-0.4, -0.2) is 36.9 Å². The van der Waals surface area contributed by atoms with Crippen LogP contribution in [0.15, 0.2) is 60.2 Å². The minimum absolute atomic E-state index is 0.265. The third-order valence-corrected chi connectivity index (χ3v) is 5.63. The Morgan fingerprint density at radius 1 is 1.23 bits per heavy atom. The average Bonchev–Trinajstić information content (AvgIpc) is 2.81. The predicted molar refractivity (Wildman–Crippen MR) is 127 cm³/mol. The Morgan fingerprint density at radius 3 is 2.68 bits per heavy atom. The number of carbonyl (C=O) groups excluding carboxylic acids is 1. The molecule has 1 saturated heterocycles. The van der Waals surface area contributed by atoms with Crippen molar-refractivity contribution in [1.29, 1.82) is 0 Å². The summed E-state index contributed by atoms with van der Waals surface area (Å²) in [6, 6.07) is 14.4. The molecule has 0 spiro atoms. The van der Waals surface area contributed by atoms with E-state index in [9.17, 15) is 4.79 Å². The number of ether oxygens (including phenoxy) is 1. The summed E-state index contributed by atoms with van der Waals surface area (Å²) in [5.41, 5.74) is 5.44. The van der Waals surface area contributed by atoms with Crippen LogP contribution in [0, 0.1) is 0 Å². The number of fused-ring (bicyclic) bond motifs is 1. The van der Waals surface area contributed by atoms with Gasteiger partial charge in [0.1, 0.15) is 0 Å². The van der Waals surface area contributed by atoms with Gasteiger partial charge in [-0.15, -0.1) is 0 Å². The molecule has 0 atom stereocenters. The molecule has 0 radical (unpaired) electrons. The second-order valence-corrected chi connectivity index (χ2v) is 7.94. The minimum atomic E-state index is 0.265. The Morgan fingerprint density at radius 2 is 2.00 bits per heavy atom. The van der Waals surface area contributed by atoms with Crippen LogP contribution in [0.1, 0.15) is 46.9 Å². The van der Waals surface area contributed by atoms with Crippen LogP contribution < -0.4 is 5.32 Å². The van der Waals surface area contributed by atoms with E-state index in [1.54, 1.807) is 6.34 Å². The predicted octanol–water partition coefficient (Wildman–Crippen LogP) is 5.29. The van der Waals surface area contributed by atoms with Gasteiger partial charge in [-0.2, -0.15) is 0 Å². The topological polar surface area (TPSA) is 63.6 Å². The molecule has 0 bridgehead atoms. The Kier molecular flexibility index (Phi) is 6.53. The first-order chi connectivity index (χ1) is 15.2. The van der Waals surface area contributed by atoms with Crippen molar-refractivity contribution in [1.82, 2.24) is 4.98 Å². The van der Waals surface area contributed by atoms with Gasteiger partial charge in [0.2, 0.25) is 0 Å². The number of hydrogen-bond acceptors (Lipinski definition) is 4. The minimum Gasteiger partial charge on any atom is -0.381 e. The molecule has 5 heteroatoms. The Bertz CT molecular complexity index is 1110. The number of hydrogen-bond donors (Lipinski definition) is 1. The normalized spacial score (nSPS) is 14.7. The summed E-state index contributed by atoms with van der Waals surface area (Å²) >= 11 is 0. The van der Waals surface area contributed by atoms with Crippen molar-refractivity contribution in [3.63, 3.8) is 0 Å². The van der Waals surface area contributed by atoms with E-state index in [0.29, 0.717) is 12.0 Å². The fourth-order valence-corrected chi connectivity index (χ4v) is 3.92. The number of allylic oxidation sites excluding steroid dienone is 1. The highest BCUT2D eigenvalue weighted by molar-refractivity contribution is 6.07. The standard InChI is InChI=1S/C26H27N3O2/c1-18(2)25-8-7-19(15-27-25)13-20-14-21(16-30)26(24-6-4-3-5-23(20)24)29-17-28-22-9-11-31-12-10-22/h3-8,14-17,22H,1,9-13H2,2H3,(H,28,29). The van der Waals surface area contributed by atoms with Crippen molar-refractivity contribution < 1.29 is 9.53 Å². The number of rotatable bonds is 7. The van der Waals surface area contributed by atoms with Crippen LogP contribution in [-0.2, 0) is 11.2 Å². The van der Waals surface area contributed by atoms with Gasteiger partial charge in [0, 0.05) is 30.4 Å². The molecule has 2 aromatic carbocycles. The van der Waals surface area contributed by atoms with Crippen LogP contribution in [0.5, 0.6) is 0 Å². The lowest BCUT2D eigenvalue weighted by atomic mass is 9.95. The molecular weight excluding hydrogens is 386 g/mol. The molecule has 1 aliphatic heterocycles. The van der Waals surface area contributed by atoms with Gasteiger partial charge in [0.05, 0.1) is 23.8 Å². The van der Waals surface area contributed by atoms with Crippen LogP contribution >= 0.6 is 0 Å². The summed E-state index contributed by atoms with van der Waals surface area (Å²) in [4.78, 5) is 21.1.